The maximum absolute atomic E-state index is 14.1. The van der Waals surface area contributed by atoms with Gasteiger partial charge in [-0.2, -0.15) is 0 Å². The summed E-state index contributed by atoms with van der Waals surface area (Å²) >= 11 is 0. The summed E-state index contributed by atoms with van der Waals surface area (Å²) in [4.78, 5) is 31.1. The number of halogens is 1. The Hall–Kier alpha value is -3.63. The highest BCUT2D eigenvalue weighted by Gasteiger charge is 2.21. The first-order valence-corrected chi connectivity index (χ1v) is 7.99. The summed E-state index contributed by atoms with van der Waals surface area (Å²) in [5, 5.41) is 19.0. The first-order valence-electron chi connectivity index (χ1n) is 7.99. The van der Waals surface area contributed by atoms with E-state index in [0.29, 0.717) is 5.82 Å². The molecule has 0 bridgehead atoms. The highest BCUT2D eigenvalue weighted by molar-refractivity contribution is 6.00. The number of amides is 1. The maximum Gasteiger partial charge on any atom is 0.325 e. The first-order chi connectivity index (χ1) is 12.8. The van der Waals surface area contributed by atoms with E-state index in [9.17, 15) is 14.0 Å². The fourth-order valence-electron chi connectivity index (χ4n) is 2.32. The molecule has 0 saturated carbocycles. The van der Waals surface area contributed by atoms with E-state index in [0.717, 1.165) is 4.68 Å². The molecule has 0 saturated heterocycles. The van der Waals surface area contributed by atoms with Crippen molar-refractivity contribution in [1.29, 1.82) is 0 Å². The van der Waals surface area contributed by atoms with E-state index in [-0.39, 0.29) is 29.9 Å². The van der Waals surface area contributed by atoms with Gasteiger partial charge in [0.15, 0.2) is 0 Å². The van der Waals surface area contributed by atoms with Crippen LogP contribution in [0.15, 0.2) is 30.6 Å². The van der Waals surface area contributed by atoms with Crippen LogP contribution in [0.25, 0.3) is 5.69 Å². The molecule has 2 heterocycles. The number of nitrogens with one attached hydrogen (secondary N) is 1. The second kappa shape index (κ2) is 7.32. The maximum atomic E-state index is 14.1. The molecule has 0 fully saturated rings. The smallest absolute Gasteiger partial charge is 0.325 e. The molecule has 0 unspecified atom stereocenters. The Labute approximate surface area is 152 Å². The lowest BCUT2D eigenvalue weighted by Crippen LogP contribution is -2.16. The van der Waals surface area contributed by atoms with Crippen LogP contribution in [-0.4, -0.2) is 46.5 Å². The summed E-state index contributed by atoms with van der Waals surface area (Å²) in [6.45, 7) is 3.30. The van der Waals surface area contributed by atoms with Gasteiger partial charge < -0.3 is 5.11 Å². The molecule has 27 heavy (non-hydrogen) atoms. The second-order valence-electron chi connectivity index (χ2n) is 5.93. The molecule has 3 aromatic rings. The highest BCUT2D eigenvalue weighted by atomic mass is 19.1. The van der Waals surface area contributed by atoms with Gasteiger partial charge >= 0.3 is 5.97 Å². The third-order valence-electron chi connectivity index (χ3n) is 3.49. The Bertz CT molecular complexity index is 996. The van der Waals surface area contributed by atoms with Gasteiger partial charge in [0.2, 0.25) is 11.8 Å². The first kappa shape index (κ1) is 18.2. The Morgan fingerprint density at radius 1 is 1.26 bits per heavy atom. The van der Waals surface area contributed by atoms with Crippen molar-refractivity contribution in [1.82, 2.24) is 29.5 Å². The van der Waals surface area contributed by atoms with E-state index < -0.39 is 17.7 Å². The highest BCUT2D eigenvalue weighted by Crippen LogP contribution is 2.19. The van der Waals surface area contributed by atoms with Crippen LogP contribution in [-0.2, 0) is 11.3 Å². The molecule has 0 atom stereocenters. The molecule has 0 spiro atoms. The number of carbonyl (C=O) groups excluding carboxylic acids is 1. The van der Waals surface area contributed by atoms with E-state index >= 15 is 0 Å². The fraction of sp³-hybridized carbons (Fsp3) is 0.250. The van der Waals surface area contributed by atoms with Crippen LogP contribution in [0.3, 0.4) is 0 Å². The molecule has 11 heteroatoms. The molecule has 0 aliphatic heterocycles. The molecule has 1 amide bonds. The minimum atomic E-state index is -1.09. The third kappa shape index (κ3) is 3.97. The van der Waals surface area contributed by atoms with E-state index in [2.05, 4.69) is 25.5 Å². The number of aromatic nitrogens is 6. The van der Waals surface area contributed by atoms with E-state index in [4.69, 9.17) is 5.11 Å². The van der Waals surface area contributed by atoms with Gasteiger partial charge in [0, 0.05) is 5.92 Å². The number of carboxylic acid groups (broad SMARTS) is 1. The fourth-order valence-corrected chi connectivity index (χ4v) is 2.32. The second-order valence-corrected chi connectivity index (χ2v) is 5.93. The topological polar surface area (TPSA) is 128 Å². The van der Waals surface area contributed by atoms with Crippen molar-refractivity contribution in [3.8, 4) is 5.69 Å². The van der Waals surface area contributed by atoms with E-state index in [1.54, 1.807) is 12.1 Å². The number of rotatable bonds is 6. The summed E-state index contributed by atoms with van der Waals surface area (Å²) in [5.74, 6) is -2.26. The number of hydrogen-bond acceptors (Lipinski definition) is 6. The van der Waals surface area contributed by atoms with Crippen LogP contribution in [0.5, 0.6) is 0 Å². The molecule has 3 rings (SSSR count). The lowest BCUT2D eigenvalue weighted by molar-refractivity contribution is -0.137. The number of anilines is 1. The van der Waals surface area contributed by atoms with E-state index in [1.165, 1.54) is 23.1 Å². The largest absolute Gasteiger partial charge is 0.480 e. The van der Waals surface area contributed by atoms with Crippen LogP contribution >= 0.6 is 0 Å². The summed E-state index contributed by atoms with van der Waals surface area (Å²) < 4.78 is 16.5. The minimum absolute atomic E-state index is 0.0883. The number of benzene rings is 1. The van der Waals surface area contributed by atoms with Gasteiger partial charge in [0.05, 0.1) is 0 Å². The number of carbonyl (C=O) groups is 2. The predicted molar refractivity (Wildman–Crippen MR) is 91.0 cm³/mol. The molecule has 0 aliphatic carbocycles. The van der Waals surface area contributed by atoms with Gasteiger partial charge in [0.25, 0.3) is 5.91 Å². The molecule has 10 nitrogen and oxygen atoms in total. The lowest BCUT2D eigenvalue weighted by Gasteiger charge is -2.08. The number of aliphatic carboxylic acids is 1. The summed E-state index contributed by atoms with van der Waals surface area (Å²) in [6, 6.07) is 6.03. The van der Waals surface area contributed by atoms with Crippen molar-refractivity contribution in [2.75, 3.05) is 5.32 Å². The predicted octanol–water partition coefficient (Wildman–Crippen LogP) is 1.46. The van der Waals surface area contributed by atoms with Gasteiger partial charge in [0.1, 0.15) is 30.2 Å². The average Bonchev–Trinajstić information content (AvgIpc) is 3.22. The van der Waals surface area contributed by atoms with Crippen molar-refractivity contribution < 1.29 is 19.1 Å². The number of nitrogens with zero attached hydrogens (tertiary/aromatic N) is 6. The van der Waals surface area contributed by atoms with Crippen LogP contribution in [0.4, 0.5) is 10.3 Å². The molecule has 2 aromatic heterocycles. The van der Waals surface area contributed by atoms with Crippen molar-refractivity contribution in [3.05, 3.63) is 48.1 Å². The zero-order valence-electron chi connectivity index (χ0n) is 14.5. The van der Waals surface area contributed by atoms with Gasteiger partial charge in [-0.1, -0.05) is 26.0 Å². The van der Waals surface area contributed by atoms with Gasteiger partial charge in [-0.15, -0.1) is 10.2 Å². The molecular weight excluding hydrogens is 357 g/mol. The number of para-hydroxylation sites is 1. The minimum Gasteiger partial charge on any atom is -0.480 e. The van der Waals surface area contributed by atoms with Crippen LogP contribution in [0.1, 0.15) is 36.2 Å². The molecule has 140 valence electrons. The molecule has 2 N–H and O–H groups in total. The Kier molecular flexibility index (Phi) is 4.92. The molecule has 1 aromatic carbocycles. The Morgan fingerprint density at radius 2 is 2.00 bits per heavy atom. The van der Waals surface area contributed by atoms with Gasteiger partial charge in [-0.3, -0.25) is 14.9 Å². The quantitative estimate of drug-likeness (QED) is 0.669. The van der Waals surface area contributed by atoms with Gasteiger partial charge in [-0.25, -0.2) is 23.7 Å². The van der Waals surface area contributed by atoms with Crippen LogP contribution in [0.2, 0.25) is 0 Å². The SMILES string of the molecule is CC(C)c1nc(C(=O)Nc2ncn(CC(=O)O)n2)nn1-c1ccccc1F. The summed E-state index contributed by atoms with van der Waals surface area (Å²) in [5.41, 5.74) is 0.177. The van der Waals surface area contributed by atoms with Crippen molar-refractivity contribution in [3.63, 3.8) is 0 Å². The average molecular weight is 373 g/mol. The lowest BCUT2D eigenvalue weighted by atomic mass is 10.2. The standard InChI is InChI=1S/C16H16FN7O3/c1-9(2)14-19-13(21-24(14)11-6-4-3-5-10(11)17)15(27)20-16-18-8-23(22-16)7-12(25)26/h3-6,8-9H,7H2,1-2H3,(H,25,26)(H,20,22,27). The van der Waals surface area contributed by atoms with E-state index in [1.807, 2.05) is 13.8 Å². The van der Waals surface area contributed by atoms with Crippen LogP contribution in [0, 0.1) is 5.82 Å². The molecule has 0 radical (unpaired) electrons. The van der Waals surface area contributed by atoms with Crippen molar-refractivity contribution in [2.24, 2.45) is 0 Å². The monoisotopic (exact) mass is 373 g/mol. The summed E-state index contributed by atoms with van der Waals surface area (Å²) in [6.07, 6.45) is 1.18. The Morgan fingerprint density at radius 3 is 2.67 bits per heavy atom. The Balaban J connectivity index is 1.87. The van der Waals surface area contributed by atoms with Gasteiger partial charge in [-0.05, 0) is 12.1 Å². The zero-order chi connectivity index (χ0) is 19.6. The number of hydrogen-bond donors (Lipinski definition) is 2. The molecular formula is C16H16FN7O3. The van der Waals surface area contributed by atoms with Crippen molar-refractivity contribution >= 4 is 17.8 Å². The van der Waals surface area contributed by atoms with Crippen LogP contribution < -0.4 is 5.32 Å². The molecule has 0 aliphatic rings. The normalized spacial score (nSPS) is 11.0. The van der Waals surface area contributed by atoms with Crippen molar-refractivity contribution in [2.45, 2.75) is 26.3 Å². The summed E-state index contributed by atoms with van der Waals surface area (Å²) in [7, 11) is 0. The number of carboxylic acids is 1. The third-order valence-corrected chi connectivity index (χ3v) is 3.49. The zero-order valence-corrected chi connectivity index (χ0v) is 14.5.